The first-order valence-corrected chi connectivity index (χ1v) is 15.0. The number of carbonyl (C=O) groups is 4. The van der Waals surface area contributed by atoms with Gasteiger partial charge in [-0.05, 0) is 79.7 Å². The van der Waals surface area contributed by atoms with E-state index in [9.17, 15) is 19.2 Å². The van der Waals surface area contributed by atoms with E-state index in [1.54, 1.807) is 58.7 Å². The van der Waals surface area contributed by atoms with Gasteiger partial charge in [0.1, 0.15) is 12.2 Å². The molecule has 0 unspecified atom stereocenters. The van der Waals surface area contributed by atoms with Crippen molar-refractivity contribution in [1.29, 1.82) is 0 Å². The molecule has 2 heterocycles. The zero-order chi connectivity index (χ0) is 32.5. The quantitative estimate of drug-likeness (QED) is 0.301. The van der Waals surface area contributed by atoms with E-state index in [0.717, 1.165) is 0 Å². The third kappa shape index (κ3) is 7.47. The van der Waals surface area contributed by atoms with Crippen molar-refractivity contribution in [2.45, 2.75) is 115 Å². The second kappa shape index (κ2) is 12.3. The van der Waals surface area contributed by atoms with Gasteiger partial charge in [0.05, 0.1) is 33.3 Å². The maximum absolute atomic E-state index is 13.0. The Hall–Kier alpha value is -3.76. The molecule has 0 amide bonds. The highest BCUT2D eigenvalue weighted by Gasteiger charge is 2.51. The van der Waals surface area contributed by atoms with Crippen LogP contribution in [0.25, 0.3) is 0 Å². The average molecular weight is 609 g/mol. The average Bonchev–Trinajstić information content (AvgIpc) is 2.92. The van der Waals surface area contributed by atoms with Gasteiger partial charge < -0.3 is 19.1 Å². The van der Waals surface area contributed by atoms with Crippen LogP contribution in [-0.2, 0) is 28.7 Å². The molecule has 10 nitrogen and oxygen atoms in total. The molecule has 0 atom stereocenters. The molecule has 0 aromatic heterocycles. The van der Waals surface area contributed by atoms with Gasteiger partial charge in [-0.2, -0.15) is 0 Å². The molecular weight excluding hydrogens is 564 g/mol. The Labute approximate surface area is 259 Å². The molecule has 0 saturated carbocycles. The van der Waals surface area contributed by atoms with Crippen LogP contribution in [0.1, 0.15) is 102 Å². The minimum atomic E-state index is -1.06. The molecule has 0 bridgehead atoms. The van der Waals surface area contributed by atoms with Gasteiger partial charge in [-0.1, -0.05) is 36.4 Å². The van der Waals surface area contributed by atoms with E-state index in [1.165, 1.54) is 0 Å². The number of benzene rings is 2. The Morgan fingerprint density at radius 1 is 0.523 bits per heavy atom. The van der Waals surface area contributed by atoms with Gasteiger partial charge in [0.25, 0.3) is 0 Å². The number of carbonyl (C=O) groups excluding carboxylic acids is 4. The maximum atomic E-state index is 13.0. The van der Waals surface area contributed by atoms with Gasteiger partial charge in [0, 0.05) is 25.7 Å². The van der Waals surface area contributed by atoms with Gasteiger partial charge >= 0.3 is 23.9 Å². The summed E-state index contributed by atoms with van der Waals surface area (Å²) in [6.45, 7) is 15.2. The fourth-order valence-corrected chi connectivity index (χ4v) is 6.82. The highest BCUT2D eigenvalue weighted by molar-refractivity contribution is 6.29. The first kappa shape index (κ1) is 33.1. The number of nitrogens with zero attached hydrogens (tertiary/aromatic N) is 2. The summed E-state index contributed by atoms with van der Waals surface area (Å²) in [6, 6.07) is 17.5. The van der Waals surface area contributed by atoms with Crippen LogP contribution in [0.4, 0.5) is 0 Å². The SMILES string of the molecule is CC1(C)CC(OC(=O)C(=O)OC2CC(C)(C)N(OC(=O)c3ccccc3)C(C)(C)C2)CC(C)(C)N1OC(=O)c1ccccc1. The molecule has 238 valence electrons. The van der Waals surface area contributed by atoms with Gasteiger partial charge in [0.2, 0.25) is 0 Å². The number of hydrogen-bond donors (Lipinski definition) is 0. The molecule has 2 fully saturated rings. The molecule has 0 spiro atoms. The summed E-state index contributed by atoms with van der Waals surface area (Å²) in [7, 11) is 0. The molecule has 2 aliphatic rings. The molecule has 2 aromatic carbocycles. The molecular formula is C34H44N2O8. The Bertz CT molecular complexity index is 1230. The van der Waals surface area contributed by atoms with Crippen LogP contribution in [0.2, 0.25) is 0 Å². The second-order valence-electron chi connectivity index (χ2n) is 14.2. The molecule has 2 aromatic rings. The van der Waals surface area contributed by atoms with Gasteiger partial charge in [0.15, 0.2) is 0 Å². The zero-order valence-corrected chi connectivity index (χ0v) is 26.9. The zero-order valence-electron chi connectivity index (χ0n) is 26.9. The van der Waals surface area contributed by atoms with E-state index in [0.29, 0.717) is 36.8 Å². The lowest BCUT2D eigenvalue weighted by Crippen LogP contribution is -2.63. The van der Waals surface area contributed by atoms with Gasteiger partial charge in [-0.15, -0.1) is 10.1 Å². The van der Waals surface area contributed by atoms with Crippen molar-refractivity contribution in [1.82, 2.24) is 10.1 Å². The van der Waals surface area contributed by atoms with Crippen LogP contribution in [0, 0.1) is 0 Å². The molecule has 2 aliphatic heterocycles. The number of hydrogen-bond acceptors (Lipinski definition) is 10. The van der Waals surface area contributed by atoms with E-state index in [2.05, 4.69) is 0 Å². The lowest BCUT2D eigenvalue weighted by molar-refractivity contribution is -0.261. The lowest BCUT2D eigenvalue weighted by atomic mass is 9.80. The van der Waals surface area contributed by atoms with Crippen molar-refractivity contribution in [2.75, 3.05) is 0 Å². The normalized spacial score (nSPS) is 21.5. The summed E-state index contributed by atoms with van der Waals surface area (Å²) in [5, 5.41) is 3.31. The first-order chi connectivity index (χ1) is 20.4. The molecule has 2 saturated heterocycles. The Morgan fingerprint density at radius 3 is 1.07 bits per heavy atom. The number of esters is 2. The van der Waals surface area contributed by atoms with E-state index in [-0.39, 0.29) is 0 Å². The van der Waals surface area contributed by atoms with Crippen LogP contribution >= 0.6 is 0 Å². The summed E-state index contributed by atoms with van der Waals surface area (Å²) >= 11 is 0. The van der Waals surface area contributed by atoms with E-state index in [1.807, 2.05) is 67.5 Å². The third-order valence-electron chi connectivity index (χ3n) is 8.19. The van der Waals surface area contributed by atoms with Crippen LogP contribution in [0.15, 0.2) is 60.7 Å². The second-order valence-corrected chi connectivity index (χ2v) is 14.2. The van der Waals surface area contributed by atoms with E-state index in [4.69, 9.17) is 19.1 Å². The summed E-state index contributed by atoms with van der Waals surface area (Å²) in [6.07, 6.45) is 0.148. The Balaban J connectivity index is 1.36. The smallest absolute Gasteiger partial charge is 0.417 e. The van der Waals surface area contributed by atoms with Crippen molar-refractivity contribution in [2.24, 2.45) is 0 Å². The van der Waals surface area contributed by atoms with Crippen LogP contribution < -0.4 is 0 Å². The number of piperidine rings is 2. The van der Waals surface area contributed by atoms with Crippen molar-refractivity contribution in [3.05, 3.63) is 71.8 Å². The number of hydroxylamine groups is 4. The van der Waals surface area contributed by atoms with Crippen molar-refractivity contribution in [3.63, 3.8) is 0 Å². The molecule has 10 heteroatoms. The van der Waals surface area contributed by atoms with E-state index >= 15 is 0 Å². The Kier molecular flexibility index (Phi) is 9.28. The lowest BCUT2D eigenvalue weighted by Gasteiger charge is -2.52. The molecule has 0 N–H and O–H groups in total. The highest BCUT2D eigenvalue weighted by atomic mass is 16.7. The van der Waals surface area contributed by atoms with Crippen LogP contribution in [0.5, 0.6) is 0 Å². The minimum Gasteiger partial charge on any atom is -0.454 e. The number of rotatable bonds is 6. The monoisotopic (exact) mass is 608 g/mol. The van der Waals surface area contributed by atoms with Crippen molar-refractivity contribution in [3.8, 4) is 0 Å². The standard InChI is InChI=1S/C34H44N2O8/c1-31(2)19-25(20-32(3,4)35(31)43-27(37)23-15-11-9-12-16-23)41-29(39)30(40)42-26-21-33(5,6)36(34(7,8)22-26)44-28(38)24-17-13-10-14-18-24/h9-18,25-26H,19-22H2,1-8H3. The maximum Gasteiger partial charge on any atom is 0.417 e. The largest absolute Gasteiger partial charge is 0.454 e. The predicted molar refractivity (Wildman–Crippen MR) is 162 cm³/mol. The summed E-state index contributed by atoms with van der Waals surface area (Å²) < 4.78 is 11.3. The summed E-state index contributed by atoms with van der Waals surface area (Å²) in [5.41, 5.74) is -1.92. The fraction of sp³-hybridized carbons (Fsp3) is 0.529. The molecule has 0 aliphatic carbocycles. The van der Waals surface area contributed by atoms with Crippen molar-refractivity contribution < 1.29 is 38.3 Å². The van der Waals surface area contributed by atoms with Gasteiger partial charge in [-0.25, -0.2) is 19.2 Å². The minimum absolute atomic E-state index is 0.336. The van der Waals surface area contributed by atoms with E-state index < -0.39 is 58.2 Å². The van der Waals surface area contributed by atoms with Crippen LogP contribution in [-0.4, -0.2) is 68.4 Å². The van der Waals surface area contributed by atoms with Crippen LogP contribution in [0.3, 0.4) is 0 Å². The first-order valence-electron chi connectivity index (χ1n) is 15.0. The van der Waals surface area contributed by atoms with Gasteiger partial charge in [-0.3, -0.25) is 0 Å². The Morgan fingerprint density at radius 2 is 0.795 bits per heavy atom. The molecule has 4 rings (SSSR count). The predicted octanol–water partition coefficient (Wildman–Crippen LogP) is 5.66. The third-order valence-corrected chi connectivity index (χ3v) is 8.19. The number of ether oxygens (including phenoxy) is 2. The fourth-order valence-electron chi connectivity index (χ4n) is 6.82. The summed E-state index contributed by atoms with van der Waals surface area (Å²) in [4.78, 5) is 63.2. The topological polar surface area (TPSA) is 112 Å². The molecule has 44 heavy (non-hydrogen) atoms. The molecule has 0 radical (unpaired) electrons. The highest BCUT2D eigenvalue weighted by Crippen LogP contribution is 2.42. The summed E-state index contributed by atoms with van der Waals surface area (Å²) in [5.74, 6) is -3.08. The van der Waals surface area contributed by atoms with Crippen molar-refractivity contribution >= 4 is 23.9 Å².